The van der Waals surface area contributed by atoms with Crippen molar-refractivity contribution in [2.45, 2.75) is 72.1 Å². The van der Waals surface area contributed by atoms with Crippen molar-refractivity contribution < 1.29 is 0 Å². The molecule has 10 heteroatoms. The van der Waals surface area contributed by atoms with Gasteiger partial charge in [-0.1, -0.05) is 26.7 Å². The average molecular weight is 377 g/mol. The largest absolute Gasteiger partial charge is 0.295 e. The lowest BCUT2D eigenvalue weighted by Gasteiger charge is -2.21. The van der Waals surface area contributed by atoms with Crippen LogP contribution in [-0.4, -0.2) is 76.4 Å². The van der Waals surface area contributed by atoms with Crippen LogP contribution in [0, 0.1) is 0 Å². The monoisotopic (exact) mass is 376 g/mol. The second-order valence-corrected chi connectivity index (χ2v) is 7.25. The molecular weight excluding hydrogens is 344 g/mol. The lowest BCUT2D eigenvalue weighted by atomic mass is 10.3. The summed E-state index contributed by atoms with van der Waals surface area (Å²) in [6.45, 7) is 12.0. The summed E-state index contributed by atoms with van der Waals surface area (Å²) in [6, 6.07) is 0. The Morgan fingerprint density at radius 1 is 0.704 bits per heavy atom. The molecule has 150 valence electrons. The zero-order chi connectivity index (χ0) is 18.9. The molecule has 2 aromatic heterocycles. The third-order valence-corrected chi connectivity index (χ3v) is 5.07. The number of tetrazole rings is 2. The summed E-state index contributed by atoms with van der Waals surface area (Å²) in [5, 5.41) is 24.5. The highest BCUT2D eigenvalue weighted by Gasteiger charge is 2.19. The van der Waals surface area contributed by atoms with Gasteiger partial charge in [0, 0.05) is 26.2 Å². The molecule has 0 spiro atoms. The fraction of sp³-hybridized carbons (Fsp3) is 0.882. The molecule has 0 bridgehead atoms. The molecule has 1 fully saturated rings. The maximum Gasteiger partial charge on any atom is 0.165 e. The van der Waals surface area contributed by atoms with Crippen LogP contribution in [0.2, 0.25) is 0 Å². The van der Waals surface area contributed by atoms with Gasteiger partial charge in [0.2, 0.25) is 0 Å². The first-order valence-corrected chi connectivity index (χ1v) is 10.2. The first kappa shape index (κ1) is 19.8. The van der Waals surface area contributed by atoms with Crippen molar-refractivity contribution in [3.63, 3.8) is 0 Å². The summed E-state index contributed by atoms with van der Waals surface area (Å²) in [6.07, 6.45) is 5.65. The van der Waals surface area contributed by atoms with E-state index in [9.17, 15) is 0 Å². The van der Waals surface area contributed by atoms with Crippen LogP contribution in [0.15, 0.2) is 0 Å². The number of aromatic nitrogens is 8. The maximum atomic E-state index is 4.23. The third kappa shape index (κ3) is 5.77. The Kier molecular flexibility index (Phi) is 7.64. The van der Waals surface area contributed by atoms with Gasteiger partial charge in [-0.2, -0.15) is 0 Å². The molecule has 0 radical (unpaired) electrons. The molecular formula is C17H32N10. The molecule has 0 aliphatic carbocycles. The standard InChI is InChI=1S/C17H32N10/c1-3-5-10-26-16(18-20-22-26)14-24-8-7-9-25(13-12-24)15-17-19-21-23-27(17)11-6-4-2/h3-15H2,1-2H3. The zero-order valence-electron chi connectivity index (χ0n) is 16.7. The Bertz CT molecular complexity index is 610. The predicted molar refractivity (Wildman–Crippen MR) is 101 cm³/mol. The van der Waals surface area contributed by atoms with E-state index in [1.807, 2.05) is 9.36 Å². The molecule has 27 heavy (non-hydrogen) atoms. The van der Waals surface area contributed by atoms with Crippen molar-refractivity contribution in [2.24, 2.45) is 0 Å². The molecule has 1 aliphatic rings. The lowest BCUT2D eigenvalue weighted by Crippen LogP contribution is -2.32. The molecule has 0 saturated carbocycles. The smallest absolute Gasteiger partial charge is 0.165 e. The second-order valence-electron chi connectivity index (χ2n) is 7.25. The van der Waals surface area contributed by atoms with Crippen LogP contribution >= 0.6 is 0 Å². The van der Waals surface area contributed by atoms with Crippen molar-refractivity contribution in [1.82, 2.24) is 50.2 Å². The van der Waals surface area contributed by atoms with Gasteiger partial charge in [0.25, 0.3) is 0 Å². The van der Waals surface area contributed by atoms with Crippen LogP contribution in [-0.2, 0) is 26.2 Å². The second kappa shape index (κ2) is 10.4. The maximum absolute atomic E-state index is 4.23. The number of rotatable bonds is 10. The Morgan fingerprint density at radius 2 is 1.19 bits per heavy atom. The zero-order valence-corrected chi connectivity index (χ0v) is 16.7. The fourth-order valence-corrected chi connectivity index (χ4v) is 3.38. The van der Waals surface area contributed by atoms with Crippen LogP contribution < -0.4 is 0 Å². The molecule has 1 saturated heterocycles. The lowest BCUT2D eigenvalue weighted by molar-refractivity contribution is 0.235. The number of hydrogen-bond donors (Lipinski definition) is 0. The topological polar surface area (TPSA) is 93.7 Å². The van der Waals surface area contributed by atoms with Crippen LogP contribution in [0.5, 0.6) is 0 Å². The van der Waals surface area contributed by atoms with Crippen molar-refractivity contribution in [3.05, 3.63) is 11.6 Å². The highest BCUT2D eigenvalue weighted by Crippen LogP contribution is 2.10. The van der Waals surface area contributed by atoms with E-state index < -0.39 is 0 Å². The number of aryl methyl sites for hydroxylation is 2. The van der Waals surface area contributed by atoms with E-state index in [1.54, 1.807) is 0 Å². The fourth-order valence-electron chi connectivity index (χ4n) is 3.38. The highest BCUT2D eigenvalue weighted by atomic mass is 15.6. The molecule has 1 aliphatic heterocycles. The molecule has 0 aromatic carbocycles. The minimum Gasteiger partial charge on any atom is -0.295 e. The Labute approximate surface area is 160 Å². The van der Waals surface area contributed by atoms with E-state index in [4.69, 9.17) is 0 Å². The Hall–Kier alpha value is -1.94. The summed E-state index contributed by atoms with van der Waals surface area (Å²) >= 11 is 0. The quantitative estimate of drug-likeness (QED) is 0.605. The Morgan fingerprint density at radius 3 is 1.63 bits per heavy atom. The number of nitrogens with zero attached hydrogens (tertiary/aromatic N) is 10. The van der Waals surface area contributed by atoms with Gasteiger partial charge in [-0.05, 0) is 53.2 Å². The third-order valence-electron chi connectivity index (χ3n) is 5.07. The summed E-state index contributed by atoms with van der Waals surface area (Å²) in [5.41, 5.74) is 0. The normalized spacial score (nSPS) is 16.7. The van der Waals surface area contributed by atoms with Gasteiger partial charge in [0.05, 0.1) is 13.1 Å². The summed E-state index contributed by atoms with van der Waals surface area (Å²) in [5.74, 6) is 1.95. The SMILES string of the molecule is CCCCn1nnnc1CN1CCCN(Cc2nnnn2CCCC)CC1. The van der Waals surface area contributed by atoms with E-state index in [1.165, 1.54) is 0 Å². The minimum absolute atomic E-state index is 0.818. The van der Waals surface area contributed by atoms with E-state index in [-0.39, 0.29) is 0 Å². The molecule has 0 amide bonds. The average Bonchev–Trinajstić information content (AvgIpc) is 3.24. The number of hydrogen-bond acceptors (Lipinski definition) is 8. The number of unbranched alkanes of at least 4 members (excludes halogenated alkanes) is 2. The first-order chi connectivity index (χ1) is 13.3. The van der Waals surface area contributed by atoms with E-state index in [2.05, 4.69) is 54.7 Å². The molecule has 10 nitrogen and oxygen atoms in total. The Balaban J connectivity index is 1.51. The van der Waals surface area contributed by atoms with Crippen molar-refractivity contribution in [1.29, 1.82) is 0 Å². The van der Waals surface area contributed by atoms with Crippen LogP contribution in [0.1, 0.15) is 57.6 Å². The van der Waals surface area contributed by atoms with Gasteiger partial charge < -0.3 is 0 Å². The van der Waals surface area contributed by atoms with Gasteiger partial charge >= 0.3 is 0 Å². The van der Waals surface area contributed by atoms with Gasteiger partial charge in [0.15, 0.2) is 11.6 Å². The molecule has 0 unspecified atom stereocenters. The molecule has 0 N–H and O–H groups in total. The van der Waals surface area contributed by atoms with Crippen molar-refractivity contribution >= 4 is 0 Å². The van der Waals surface area contributed by atoms with Gasteiger partial charge in [-0.3, -0.25) is 9.80 Å². The van der Waals surface area contributed by atoms with E-state index in [0.29, 0.717) is 0 Å². The van der Waals surface area contributed by atoms with Gasteiger partial charge in [0.1, 0.15) is 0 Å². The molecule has 3 rings (SSSR count). The van der Waals surface area contributed by atoms with Gasteiger partial charge in [-0.15, -0.1) is 10.2 Å². The van der Waals surface area contributed by atoms with E-state index in [0.717, 1.165) is 96.1 Å². The van der Waals surface area contributed by atoms with Crippen molar-refractivity contribution in [3.8, 4) is 0 Å². The minimum atomic E-state index is 0.818. The summed E-state index contributed by atoms with van der Waals surface area (Å²) < 4.78 is 3.90. The van der Waals surface area contributed by atoms with Crippen molar-refractivity contribution in [2.75, 3.05) is 26.2 Å². The summed E-state index contributed by atoms with van der Waals surface area (Å²) in [7, 11) is 0. The summed E-state index contributed by atoms with van der Waals surface area (Å²) in [4.78, 5) is 4.91. The van der Waals surface area contributed by atoms with Crippen LogP contribution in [0.3, 0.4) is 0 Å². The van der Waals surface area contributed by atoms with Crippen LogP contribution in [0.25, 0.3) is 0 Å². The van der Waals surface area contributed by atoms with Gasteiger partial charge in [-0.25, -0.2) is 9.36 Å². The molecule has 0 atom stereocenters. The van der Waals surface area contributed by atoms with E-state index >= 15 is 0 Å². The first-order valence-electron chi connectivity index (χ1n) is 10.2. The highest BCUT2D eigenvalue weighted by molar-refractivity contribution is 4.85. The molecule has 3 heterocycles. The predicted octanol–water partition coefficient (Wildman–Crippen LogP) is 0.968. The molecule has 2 aromatic rings. The van der Waals surface area contributed by atoms with Crippen LogP contribution in [0.4, 0.5) is 0 Å².